The minimum Gasteiger partial charge on any atom is -0.171 e. The lowest BCUT2D eigenvalue weighted by atomic mass is 10.1. The molecule has 0 saturated heterocycles. The van der Waals surface area contributed by atoms with Gasteiger partial charge in [-0.1, -0.05) is 36.4 Å². The molecule has 1 aromatic rings. The van der Waals surface area contributed by atoms with Gasteiger partial charge in [-0.3, -0.25) is 0 Å². The second kappa shape index (κ2) is 4.31. The number of hydrogen-bond donors (Lipinski definition) is 0. The standard InChI is InChI=1S/C11H11F3/c1-2-3-9-4-6-10(7-5-9)8-11(12,13)14/h2-7H,8H2,1H3/b3-2-. The molecule has 76 valence electrons. The maximum Gasteiger partial charge on any atom is 0.393 e. The minimum absolute atomic E-state index is 0.297. The van der Waals surface area contributed by atoms with Crippen molar-refractivity contribution in [2.24, 2.45) is 0 Å². The quantitative estimate of drug-likeness (QED) is 0.680. The Kier molecular flexibility index (Phi) is 3.33. The summed E-state index contributed by atoms with van der Waals surface area (Å²) in [6, 6.07) is 6.37. The molecule has 1 aromatic carbocycles. The fraction of sp³-hybridized carbons (Fsp3) is 0.273. The first-order valence-electron chi connectivity index (χ1n) is 4.29. The molecular weight excluding hydrogens is 189 g/mol. The van der Waals surface area contributed by atoms with E-state index in [0.717, 1.165) is 5.56 Å². The molecule has 1 rings (SSSR count). The van der Waals surface area contributed by atoms with Crippen molar-refractivity contribution in [3.63, 3.8) is 0 Å². The Balaban J connectivity index is 2.74. The minimum atomic E-state index is -4.12. The molecule has 0 aromatic heterocycles. The fourth-order valence-corrected chi connectivity index (χ4v) is 1.17. The second-order valence-corrected chi connectivity index (χ2v) is 3.03. The zero-order valence-corrected chi connectivity index (χ0v) is 7.81. The van der Waals surface area contributed by atoms with Crippen LogP contribution in [0.2, 0.25) is 0 Å². The van der Waals surface area contributed by atoms with E-state index in [0.29, 0.717) is 5.56 Å². The van der Waals surface area contributed by atoms with Crippen LogP contribution in [0.4, 0.5) is 13.2 Å². The summed E-state index contributed by atoms with van der Waals surface area (Å²) >= 11 is 0. The van der Waals surface area contributed by atoms with Crippen molar-refractivity contribution in [2.45, 2.75) is 19.5 Å². The summed E-state index contributed by atoms with van der Waals surface area (Å²) in [7, 11) is 0. The lowest BCUT2D eigenvalue weighted by Crippen LogP contribution is -2.11. The van der Waals surface area contributed by atoms with Gasteiger partial charge in [0.1, 0.15) is 0 Å². The molecular formula is C11H11F3. The molecule has 0 amide bonds. The van der Waals surface area contributed by atoms with Crippen molar-refractivity contribution in [3.05, 3.63) is 41.5 Å². The van der Waals surface area contributed by atoms with E-state index >= 15 is 0 Å². The van der Waals surface area contributed by atoms with Crippen molar-refractivity contribution < 1.29 is 13.2 Å². The van der Waals surface area contributed by atoms with Crippen molar-refractivity contribution in [3.8, 4) is 0 Å². The largest absolute Gasteiger partial charge is 0.393 e. The molecule has 0 bridgehead atoms. The fourth-order valence-electron chi connectivity index (χ4n) is 1.17. The zero-order valence-electron chi connectivity index (χ0n) is 7.81. The van der Waals surface area contributed by atoms with Crippen LogP contribution < -0.4 is 0 Å². The van der Waals surface area contributed by atoms with Gasteiger partial charge in [0, 0.05) is 0 Å². The van der Waals surface area contributed by atoms with Crippen molar-refractivity contribution in [2.75, 3.05) is 0 Å². The Hall–Kier alpha value is -1.25. The Bertz CT molecular complexity index is 306. The maximum absolute atomic E-state index is 12.0. The van der Waals surface area contributed by atoms with E-state index in [9.17, 15) is 13.2 Å². The van der Waals surface area contributed by atoms with Gasteiger partial charge in [0.25, 0.3) is 0 Å². The second-order valence-electron chi connectivity index (χ2n) is 3.03. The van der Waals surface area contributed by atoms with Gasteiger partial charge >= 0.3 is 6.18 Å². The van der Waals surface area contributed by atoms with Crippen LogP contribution in [0.25, 0.3) is 6.08 Å². The molecule has 0 radical (unpaired) electrons. The van der Waals surface area contributed by atoms with Crippen molar-refractivity contribution >= 4 is 6.08 Å². The van der Waals surface area contributed by atoms with Crippen LogP contribution in [0, 0.1) is 0 Å². The van der Waals surface area contributed by atoms with E-state index < -0.39 is 12.6 Å². The molecule has 0 spiro atoms. The molecule has 0 fully saturated rings. The molecule has 0 unspecified atom stereocenters. The van der Waals surface area contributed by atoms with Crippen LogP contribution in [-0.4, -0.2) is 6.18 Å². The van der Waals surface area contributed by atoms with E-state index in [1.165, 1.54) is 12.1 Å². The molecule has 0 aliphatic carbocycles. The highest BCUT2D eigenvalue weighted by Crippen LogP contribution is 2.21. The van der Waals surface area contributed by atoms with Crippen LogP contribution >= 0.6 is 0 Å². The highest BCUT2D eigenvalue weighted by Gasteiger charge is 2.27. The molecule has 14 heavy (non-hydrogen) atoms. The summed E-state index contributed by atoms with van der Waals surface area (Å²) < 4.78 is 35.9. The molecule has 0 heterocycles. The maximum atomic E-state index is 12.0. The number of hydrogen-bond acceptors (Lipinski definition) is 0. The predicted molar refractivity (Wildman–Crippen MR) is 50.9 cm³/mol. The molecule has 0 nitrogen and oxygen atoms in total. The van der Waals surface area contributed by atoms with Gasteiger partial charge in [-0.05, 0) is 18.1 Å². The normalized spacial score (nSPS) is 12.3. The van der Waals surface area contributed by atoms with E-state index in [4.69, 9.17) is 0 Å². The third-order valence-electron chi connectivity index (χ3n) is 1.74. The third kappa shape index (κ3) is 3.64. The third-order valence-corrected chi connectivity index (χ3v) is 1.74. The first-order valence-corrected chi connectivity index (χ1v) is 4.29. The molecule has 0 aliphatic heterocycles. The van der Waals surface area contributed by atoms with Gasteiger partial charge in [-0.2, -0.15) is 13.2 Å². The number of halogens is 3. The Morgan fingerprint density at radius 1 is 1.14 bits per heavy atom. The first kappa shape index (κ1) is 10.8. The van der Waals surface area contributed by atoms with Crippen molar-refractivity contribution in [1.82, 2.24) is 0 Å². The van der Waals surface area contributed by atoms with E-state index in [1.54, 1.807) is 12.1 Å². The number of benzene rings is 1. The summed E-state index contributed by atoms with van der Waals surface area (Å²) in [5.41, 5.74) is 1.21. The summed E-state index contributed by atoms with van der Waals surface area (Å²) in [5, 5.41) is 0. The summed E-state index contributed by atoms with van der Waals surface area (Å²) in [6.07, 6.45) is -1.29. The molecule has 0 aliphatic rings. The molecule has 3 heteroatoms. The average Bonchev–Trinajstić information content (AvgIpc) is 2.06. The Morgan fingerprint density at radius 2 is 1.71 bits per heavy atom. The Labute approximate surface area is 81.1 Å². The summed E-state index contributed by atoms with van der Waals surface area (Å²) in [4.78, 5) is 0. The molecule has 0 atom stereocenters. The highest BCUT2D eigenvalue weighted by molar-refractivity contribution is 5.49. The van der Waals surface area contributed by atoms with Gasteiger partial charge in [0.05, 0.1) is 6.42 Å². The lowest BCUT2D eigenvalue weighted by molar-refractivity contribution is -0.127. The van der Waals surface area contributed by atoms with Gasteiger partial charge in [-0.25, -0.2) is 0 Å². The zero-order chi connectivity index (χ0) is 10.6. The summed E-state index contributed by atoms with van der Waals surface area (Å²) in [6.45, 7) is 1.86. The van der Waals surface area contributed by atoms with Gasteiger partial charge < -0.3 is 0 Å². The van der Waals surface area contributed by atoms with Gasteiger partial charge in [0.2, 0.25) is 0 Å². The van der Waals surface area contributed by atoms with Crippen LogP contribution in [0.1, 0.15) is 18.1 Å². The number of rotatable bonds is 2. The van der Waals surface area contributed by atoms with Gasteiger partial charge in [-0.15, -0.1) is 0 Å². The smallest absolute Gasteiger partial charge is 0.171 e. The van der Waals surface area contributed by atoms with Gasteiger partial charge in [0.15, 0.2) is 0 Å². The topological polar surface area (TPSA) is 0 Å². The first-order chi connectivity index (χ1) is 6.51. The van der Waals surface area contributed by atoms with Crippen LogP contribution in [0.15, 0.2) is 30.3 Å². The predicted octanol–water partition coefficient (Wildman–Crippen LogP) is 3.82. The van der Waals surface area contributed by atoms with Crippen molar-refractivity contribution in [1.29, 1.82) is 0 Å². The van der Waals surface area contributed by atoms with Crippen LogP contribution in [0.3, 0.4) is 0 Å². The lowest BCUT2D eigenvalue weighted by Gasteiger charge is -2.05. The number of allylic oxidation sites excluding steroid dienone is 1. The van der Waals surface area contributed by atoms with E-state index in [2.05, 4.69) is 0 Å². The SMILES string of the molecule is C/C=C\c1ccc(CC(F)(F)F)cc1. The highest BCUT2D eigenvalue weighted by atomic mass is 19.4. The number of alkyl halides is 3. The summed E-state index contributed by atoms with van der Waals surface area (Å²) in [5.74, 6) is 0. The monoisotopic (exact) mass is 200 g/mol. The van der Waals surface area contributed by atoms with Crippen LogP contribution in [0.5, 0.6) is 0 Å². The van der Waals surface area contributed by atoms with E-state index in [-0.39, 0.29) is 0 Å². The average molecular weight is 200 g/mol. The molecule has 0 N–H and O–H groups in total. The van der Waals surface area contributed by atoms with E-state index in [1.807, 2.05) is 19.1 Å². The molecule has 0 saturated carbocycles. The van der Waals surface area contributed by atoms with Crippen LogP contribution in [-0.2, 0) is 6.42 Å². The Morgan fingerprint density at radius 3 is 2.14 bits per heavy atom.